The molecule has 1 aliphatic heterocycles. The molecule has 0 bridgehead atoms. The van der Waals surface area contributed by atoms with Gasteiger partial charge in [0.25, 0.3) is 0 Å². The van der Waals surface area contributed by atoms with Crippen LogP contribution in [-0.4, -0.2) is 64.3 Å². The number of ether oxygens (including phenoxy) is 3. The van der Waals surface area contributed by atoms with Crippen molar-refractivity contribution in [1.82, 2.24) is 15.5 Å². The summed E-state index contributed by atoms with van der Waals surface area (Å²) in [7, 11) is 4.66. The zero-order chi connectivity index (χ0) is 20.7. The molecule has 1 aromatic carbocycles. The number of carbonyl (C=O) groups is 2. The highest BCUT2D eigenvalue weighted by Crippen LogP contribution is 2.43. The van der Waals surface area contributed by atoms with Crippen LogP contribution in [0.4, 0.5) is 4.79 Å². The van der Waals surface area contributed by atoms with Crippen molar-refractivity contribution < 1.29 is 23.8 Å². The summed E-state index contributed by atoms with van der Waals surface area (Å²) >= 11 is 0. The zero-order valence-corrected chi connectivity index (χ0v) is 17.3. The average Bonchev–Trinajstić information content (AvgIpc) is 3.16. The lowest BCUT2D eigenvalue weighted by molar-refractivity contribution is -0.124. The van der Waals surface area contributed by atoms with Gasteiger partial charge in [0.05, 0.1) is 27.2 Å². The Balaban J connectivity index is 2.40. The van der Waals surface area contributed by atoms with Crippen LogP contribution in [0, 0.1) is 5.92 Å². The van der Waals surface area contributed by atoms with Crippen molar-refractivity contribution in [2.45, 2.75) is 26.2 Å². The minimum absolute atomic E-state index is 0.0487. The van der Waals surface area contributed by atoms with Gasteiger partial charge in [0.1, 0.15) is 0 Å². The smallest absolute Gasteiger partial charge is 0.317 e. The van der Waals surface area contributed by atoms with Crippen molar-refractivity contribution in [1.29, 1.82) is 0 Å². The number of amides is 3. The first-order chi connectivity index (χ1) is 13.5. The highest BCUT2D eigenvalue weighted by atomic mass is 16.5. The third-order valence-electron chi connectivity index (χ3n) is 4.94. The molecule has 8 heteroatoms. The van der Waals surface area contributed by atoms with Crippen LogP contribution in [0.15, 0.2) is 12.1 Å². The predicted octanol–water partition coefficient (Wildman–Crippen LogP) is 1.98. The highest BCUT2D eigenvalue weighted by Gasteiger charge is 2.41. The number of nitrogens with zero attached hydrogens (tertiary/aromatic N) is 1. The van der Waals surface area contributed by atoms with Crippen molar-refractivity contribution in [2.75, 3.05) is 47.5 Å². The molecule has 156 valence electrons. The molecule has 1 aromatic rings. The standard InChI is InChI=1S/C20H31N3O5/c1-6-8-22-19(24)15-12-23(20(25)21-7-2)11-14(15)13-9-16(26-3)18(28-5)17(10-13)27-4/h9-10,14-15H,6-8,11-12H2,1-5H3,(H,21,25)(H,22,24)/t14-,15+/m0/s1. The Labute approximate surface area is 166 Å². The summed E-state index contributed by atoms with van der Waals surface area (Å²) in [6, 6.07) is 3.55. The van der Waals surface area contributed by atoms with E-state index in [0.717, 1.165) is 12.0 Å². The van der Waals surface area contributed by atoms with Crippen molar-refractivity contribution >= 4 is 11.9 Å². The Hall–Kier alpha value is -2.64. The van der Waals surface area contributed by atoms with Crippen LogP contribution in [0.1, 0.15) is 31.7 Å². The fourth-order valence-electron chi connectivity index (χ4n) is 3.53. The van der Waals surface area contributed by atoms with Crippen LogP contribution in [-0.2, 0) is 4.79 Å². The topological polar surface area (TPSA) is 89.1 Å². The van der Waals surface area contributed by atoms with Crippen molar-refractivity contribution in [3.05, 3.63) is 17.7 Å². The second-order valence-corrected chi connectivity index (χ2v) is 6.70. The minimum atomic E-state index is -0.350. The first-order valence-corrected chi connectivity index (χ1v) is 9.60. The number of likely N-dealkylation sites (tertiary alicyclic amines) is 1. The molecule has 0 aromatic heterocycles. The van der Waals surface area contributed by atoms with E-state index in [4.69, 9.17) is 14.2 Å². The Bertz CT molecular complexity index is 669. The van der Waals surface area contributed by atoms with E-state index in [2.05, 4.69) is 10.6 Å². The van der Waals surface area contributed by atoms with Gasteiger partial charge < -0.3 is 29.7 Å². The number of benzene rings is 1. The number of hydrogen-bond acceptors (Lipinski definition) is 5. The lowest BCUT2D eigenvalue weighted by atomic mass is 9.88. The van der Waals surface area contributed by atoms with Gasteiger partial charge in [-0.2, -0.15) is 0 Å². The van der Waals surface area contributed by atoms with Gasteiger partial charge in [0, 0.05) is 32.1 Å². The monoisotopic (exact) mass is 393 g/mol. The van der Waals surface area contributed by atoms with Crippen LogP contribution in [0.2, 0.25) is 0 Å². The number of nitrogens with one attached hydrogen (secondary N) is 2. The second kappa shape index (κ2) is 10.1. The van der Waals surface area contributed by atoms with Crippen molar-refractivity contribution in [3.8, 4) is 17.2 Å². The molecule has 0 saturated carbocycles. The largest absolute Gasteiger partial charge is 0.493 e. The first kappa shape index (κ1) is 21.7. The molecule has 2 N–H and O–H groups in total. The van der Waals surface area contributed by atoms with Gasteiger partial charge >= 0.3 is 6.03 Å². The maximum absolute atomic E-state index is 12.8. The summed E-state index contributed by atoms with van der Waals surface area (Å²) in [4.78, 5) is 26.8. The van der Waals surface area contributed by atoms with Gasteiger partial charge in [-0.3, -0.25) is 4.79 Å². The number of hydrogen-bond donors (Lipinski definition) is 2. The summed E-state index contributed by atoms with van der Waals surface area (Å²) < 4.78 is 16.3. The lowest BCUT2D eigenvalue weighted by Gasteiger charge is -2.21. The molecule has 1 heterocycles. The molecule has 0 spiro atoms. The van der Waals surface area contributed by atoms with E-state index in [1.807, 2.05) is 26.0 Å². The normalized spacial score (nSPS) is 18.5. The Morgan fingerprint density at radius 3 is 2.18 bits per heavy atom. The summed E-state index contributed by atoms with van der Waals surface area (Å²) in [5.74, 6) is 0.985. The number of carbonyl (C=O) groups excluding carboxylic acids is 2. The van der Waals surface area contributed by atoms with Crippen LogP contribution in [0.3, 0.4) is 0 Å². The number of methoxy groups -OCH3 is 3. The number of rotatable bonds is 8. The molecule has 2 atom stereocenters. The summed E-state index contributed by atoms with van der Waals surface area (Å²) in [5, 5.41) is 5.77. The minimum Gasteiger partial charge on any atom is -0.493 e. The SMILES string of the molecule is CCCNC(=O)[C@@H]1CN(C(=O)NCC)C[C@H]1c1cc(OC)c(OC)c(OC)c1. The van der Waals surface area contributed by atoms with E-state index in [0.29, 0.717) is 43.4 Å². The molecule has 1 saturated heterocycles. The molecule has 0 aliphatic carbocycles. The van der Waals surface area contributed by atoms with Crippen LogP contribution >= 0.6 is 0 Å². The van der Waals surface area contributed by atoms with Crippen LogP contribution < -0.4 is 24.8 Å². The van der Waals surface area contributed by atoms with Gasteiger partial charge in [-0.15, -0.1) is 0 Å². The Kier molecular flexibility index (Phi) is 7.78. The van der Waals surface area contributed by atoms with Gasteiger partial charge in [-0.25, -0.2) is 4.79 Å². The zero-order valence-electron chi connectivity index (χ0n) is 17.3. The third-order valence-corrected chi connectivity index (χ3v) is 4.94. The molecule has 3 amide bonds. The molecular formula is C20H31N3O5. The quantitative estimate of drug-likeness (QED) is 0.705. The molecular weight excluding hydrogens is 362 g/mol. The second-order valence-electron chi connectivity index (χ2n) is 6.70. The van der Waals surface area contributed by atoms with Crippen molar-refractivity contribution in [3.63, 3.8) is 0 Å². The first-order valence-electron chi connectivity index (χ1n) is 9.60. The molecule has 8 nitrogen and oxygen atoms in total. The summed E-state index contributed by atoms with van der Waals surface area (Å²) in [6.07, 6.45) is 0.855. The average molecular weight is 393 g/mol. The molecule has 28 heavy (non-hydrogen) atoms. The van der Waals surface area contributed by atoms with E-state index in [9.17, 15) is 9.59 Å². The number of urea groups is 1. The molecule has 0 unspecified atom stereocenters. The third kappa shape index (κ3) is 4.61. The summed E-state index contributed by atoms with van der Waals surface area (Å²) in [5.41, 5.74) is 0.873. The predicted molar refractivity (Wildman–Crippen MR) is 106 cm³/mol. The van der Waals surface area contributed by atoms with E-state index in [1.165, 1.54) is 0 Å². The lowest BCUT2D eigenvalue weighted by Crippen LogP contribution is -2.40. The highest BCUT2D eigenvalue weighted by molar-refractivity contribution is 5.83. The van der Waals surface area contributed by atoms with E-state index >= 15 is 0 Å². The Morgan fingerprint density at radius 1 is 1.04 bits per heavy atom. The Morgan fingerprint density at radius 2 is 1.68 bits per heavy atom. The van der Waals surface area contributed by atoms with E-state index in [1.54, 1.807) is 26.2 Å². The van der Waals surface area contributed by atoms with E-state index in [-0.39, 0.29) is 23.8 Å². The van der Waals surface area contributed by atoms with Gasteiger partial charge in [-0.1, -0.05) is 6.92 Å². The van der Waals surface area contributed by atoms with Gasteiger partial charge in [-0.05, 0) is 31.0 Å². The molecule has 1 fully saturated rings. The molecule has 1 aliphatic rings. The fraction of sp³-hybridized carbons (Fsp3) is 0.600. The maximum atomic E-state index is 12.8. The van der Waals surface area contributed by atoms with Crippen LogP contribution in [0.5, 0.6) is 17.2 Å². The van der Waals surface area contributed by atoms with E-state index < -0.39 is 0 Å². The van der Waals surface area contributed by atoms with Gasteiger partial charge in [0.15, 0.2) is 11.5 Å². The van der Waals surface area contributed by atoms with Gasteiger partial charge in [0.2, 0.25) is 11.7 Å². The maximum Gasteiger partial charge on any atom is 0.317 e. The van der Waals surface area contributed by atoms with Crippen molar-refractivity contribution in [2.24, 2.45) is 5.92 Å². The summed E-state index contributed by atoms with van der Waals surface area (Å²) in [6.45, 7) is 5.83. The van der Waals surface area contributed by atoms with Crippen LogP contribution in [0.25, 0.3) is 0 Å². The molecule has 2 rings (SSSR count). The fourth-order valence-corrected chi connectivity index (χ4v) is 3.53. The molecule has 0 radical (unpaired) electrons.